The molecule has 1 nitrogen and oxygen atoms in total. The van der Waals surface area contributed by atoms with Gasteiger partial charge >= 0.3 is 0 Å². The lowest BCUT2D eigenvalue weighted by Crippen LogP contribution is -1.85. The topological polar surface area (TPSA) is 12.9 Å². The van der Waals surface area contributed by atoms with Crippen molar-refractivity contribution >= 4 is 31.9 Å². The molecule has 1 aromatic heterocycles. The van der Waals surface area contributed by atoms with Gasteiger partial charge in [0.05, 0.1) is 5.69 Å². The van der Waals surface area contributed by atoms with Crippen LogP contribution in [0.15, 0.2) is 18.3 Å². The smallest absolute Gasteiger partial charge is 0.0512 e. The van der Waals surface area contributed by atoms with E-state index in [9.17, 15) is 0 Å². The normalized spacial score (nSPS) is 9.80. The van der Waals surface area contributed by atoms with Gasteiger partial charge in [0.2, 0.25) is 0 Å². The van der Waals surface area contributed by atoms with Gasteiger partial charge in [-0.05, 0) is 17.7 Å². The van der Waals surface area contributed by atoms with E-state index in [4.69, 9.17) is 0 Å². The van der Waals surface area contributed by atoms with Crippen molar-refractivity contribution in [3.63, 3.8) is 0 Å². The fraction of sp³-hybridized carbons (Fsp3) is 0.286. The average Bonchev–Trinajstić information content (AvgIpc) is 2.05. The molecule has 0 bridgehead atoms. The number of rotatable bonds is 2. The van der Waals surface area contributed by atoms with Gasteiger partial charge in [0, 0.05) is 16.9 Å². The van der Waals surface area contributed by atoms with Gasteiger partial charge in [-0.15, -0.1) is 0 Å². The van der Waals surface area contributed by atoms with Crippen molar-refractivity contribution in [3.05, 3.63) is 29.6 Å². The molecule has 1 heterocycles. The molecule has 0 spiro atoms. The lowest BCUT2D eigenvalue weighted by molar-refractivity contribution is 1.16. The van der Waals surface area contributed by atoms with Crippen molar-refractivity contribution in [2.24, 2.45) is 0 Å². The van der Waals surface area contributed by atoms with Crippen molar-refractivity contribution < 1.29 is 0 Å². The lowest BCUT2D eigenvalue weighted by atomic mass is 10.3. The molecule has 1 aromatic rings. The standard InChI is InChI=1S/C7H7Br2N/c8-4-6-1-2-10-7(3-6)5-9/h1-3H,4-5H2. The third-order valence-electron chi connectivity index (χ3n) is 1.17. The molecule has 0 aliphatic carbocycles. The Hall–Kier alpha value is 0.110. The summed E-state index contributed by atoms with van der Waals surface area (Å²) in [5.41, 5.74) is 2.35. The quantitative estimate of drug-likeness (QED) is 0.749. The van der Waals surface area contributed by atoms with Crippen molar-refractivity contribution in [3.8, 4) is 0 Å². The van der Waals surface area contributed by atoms with E-state index >= 15 is 0 Å². The van der Waals surface area contributed by atoms with Gasteiger partial charge in [0.1, 0.15) is 0 Å². The number of hydrogen-bond donors (Lipinski definition) is 0. The lowest BCUT2D eigenvalue weighted by Gasteiger charge is -1.96. The third-order valence-corrected chi connectivity index (χ3v) is 2.39. The van der Waals surface area contributed by atoms with Gasteiger partial charge in [-0.25, -0.2) is 0 Å². The molecule has 0 aliphatic heterocycles. The molecule has 0 N–H and O–H groups in total. The Kier molecular flexibility index (Phi) is 3.35. The molecule has 0 fully saturated rings. The van der Waals surface area contributed by atoms with Gasteiger partial charge in [0.15, 0.2) is 0 Å². The van der Waals surface area contributed by atoms with E-state index in [1.165, 1.54) is 5.56 Å². The molecule has 3 heteroatoms. The minimum absolute atomic E-state index is 0.827. The predicted molar refractivity (Wildman–Crippen MR) is 49.5 cm³/mol. The molecule has 0 saturated heterocycles. The van der Waals surface area contributed by atoms with Crippen molar-refractivity contribution in [1.82, 2.24) is 4.98 Å². The van der Waals surface area contributed by atoms with Crippen LogP contribution in [0.25, 0.3) is 0 Å². The second-order valence-electron chi connectivity index (χ2n) is 1.92. The molecule has 0 radical (unpaired) electrons. The summed E-state index contributed by atoms with van der Waals surface area (Å²) in [5.74, 6) is 0. The maximum atomic E-state index is 4.14. The first-order valence-electron chi connectivity index (χ1n) is 2.92. The SMILES string of the molecule is BrCc1ccnc(CBr)c1. The summed E-state index contributed by atoms with van der Waals surface area (Å²) in [6.45, 7) is 0. The van der Waals surface area contributed by atoms with E-state index in [2.05, 4.69) is 42.9 Å². The zero-order valence-electron chi connectivity index (χ0n) is 5.35. The Balaban J connectivity index is 2.87. The minimum Gasteiger partial charge on any atom is -0.260 e. The van der Waals surface area contributed by atoms with Gasteiger partial charge in [0.25, 0.3) is 0 Å². The monoisotopic (exact) mass is 263 g/mol. The summed E-state index contributed by atoms with van der Waals surface area (Å²) in [6, 6.07) is 4.07. The molecular formula is C7H7Br2N. The van der Waals surface area contributed by atoms with Crippen LogP contribution in [0.5, 0.6) is 0 Å². The third kappa shape index (κ3) is 2.06. The number of aromatic nitrogens is 1. The van der Waals surface area contributed by atoms with Crippen LogP contribution in [-0.2, 0) is 10.7 Å². The van der Waals surface area contributed by atoms with Crippen molar-refractivity contribution in [2.75, 3.05) is 0 Å². The number of nitrogens with zero attached hydrogens (tertiary/aromatic N) is 1. The molecule has 10 heavy (non-hydrogen) atoms. The summed E-state index contributed by atoms with van der Waals surface area (Å²) in [6.07, 6.45) is 1.83. The van der Waals surface area contributed by atoms with Crippen LogP contribution in [0.1, 0.15) is 11.3 Å². The molecule has 0 atom stereocenters. The molecule has 0 aliphatic rings. The summed E-state index contributed by atoms with van der Waals surface area (Å²) in [7, 11) is 0. The summed E-state index contributed by atoms with van der Waals surface area (Å²) in [5, 5.41) is 1.73. The number of pyridine rings is 1. The van der Waals surface area contributed by atoms with E-state index in [1.807, 2.05) is 12.3 Å². The second kappa shape index (κ2) is 4.09. The maximum Gasteiger partial charge on any atom is 0.0512 e. The predicted octanol–water partition coefficient (Wildman–Crippen LogP) is 2.87. The zero-order chi connectivity index (χ0) is 7.40. The van der Waals surface area contributed by atoms with Crippen LogP contribution >= 0.6 is 31.9 Å². The van der Waals surface area contributed by atoms with Crippen LogP contribution in [0.3, 0.4) is 0 Å². The molecule has 0 amide bonds. The highest BCUT2D eigenvalue weighted by Crippen LogP contribution is 2.08. The van der Waals surface area contributed by atoms with Crippen LogP contribution in [0.2, 0.25) is 0 Å². The Bertz CT molecular complexity index is 193. The Morgan fingerprint density at radius 2 is 2.10 bits per heavy atom. The first kappa shape index (κ1) is 8.21. The first-order chi connectivity index (χ1) is 4.86. The van der Waals surface area contributed by atoms with Crippen LogP contribution in [0, 0.1) is 0 Å². The average molecular weight is 265 g/mol. The number of halogens is 2. The Morgan fingerprint density at radius 3 is 2.70 bits per heavy atom. The van der Waals surface area contributed by atoms with Crippen LogP contribution < -0.4 is 0 Å². The van der Waals surface area contributed by atoms with E-state index in [-0.39, 0.29) is 0 Å². The fourth-order valence-electron chi connectivity index (χ4n) is 0.684. The van der Waals surface area contributed by atoms with Crippen LogP contribution in [-0.4, -0.2) is 4.98 Å². The van der Waals surface area contributed by atoms with Crippen molar-refractivity contribution in [2.45, 2.75) is 10.7 Å². The molecule has 0 aromatic carbocycles. The van der Waals surface area contributed by atoms with Crippen LogP contribution in [0.4, 0.5) is 0 Å². The highest BCUT2D eigenvalue weighted by molar-refractivity contribution is 9.08. The summed E-state index contributed by atoms with van der Waals surface area (Å²) >= 11 is 6.72. The molecular weight excluding hydrogens is 258 g/mol. The van der Waals surface area contributed by atoms with Crippen molar-refractivity contribution in [1.29, 1.82) is 0 Å². The fourth-order valence-corrected chi connectivity index (χ4v) is 1.34. The van der Waals surface area contributed by atoms with E-state index in [0.717, 1.165) is 16.4 Å². The molecule has 0 unspecified atom stereocenters. The van der Waals surface area contributed by atoms with Gasteiger partial charge in [-0.1, -0.05) is 31.9 Å². The highest BCUT2D eigenvalue weighted by atomic mass is 79.9. The number of alkyl halides is 2. The summed E-state index contributed by atoms with van der Waals surface area (Å²) in [4.78, 5) is 4.14. The molecule has 1 rings (SSSR count). The highest BCUT2D eigenvalue weighted by Gasteiger charge is 1.92. The van der Waals surface area contributed by atoms with Gasteiger partial charge in [-0.3, -0.25) is 4.98 Å². The van der Waals surface area contributed by atoms with E-state index < -0.39 is 0 Å². The molecule has 54 valence electrons. The molecule has 0 saturated carbocycles. The zero-order valence-corrected chi connectivity index (χ0v) is 8.52. The minimum atomic E-state index is 0.827. The first-order valence-corrected chi connectivity index (χ1v) is 5.17. The van der Waals surface area contributed by atoms with Gasteiger partial charge in [-0.2, -0.15) is 0 Å². The van der Waals surface area contributed by atoms with E-state index in [0.29, 0.717) is 0 Å². The van der Waals surface area contributed by atoms with Gasteiger partial charge < -0.3 is 0 Å². The Morgan fingerprint density at radius 1 is 1.30 bits per heavy atom. The maximum absolute atomic E-state index is 4.14. The second-order valence-corrected chi connectivity index (χ2v) is 3.04. The van der Waals surface area contributed by atoms with E-state index in [1.54, 1.807) is 0 Å². The number of hydrogen-bond acceptors (Lipinski definition) is 1. The largest absolute Gasteiger partial charge is 0.260 e. The Labute approximate surface area is 77.1 Å². The summed E-state index contributed by atoms with van der Waals surface area (Å²) < 4.78 is 0.